The van der Waals surface area contributed by atoms with E-state index in [0.717, 1.165) is 43.8 Å². The molecule has 1 fully saturated rings. The highest BCUT2D eigenvalue weighted by Gasteiger charge is 2.27. The molecule has 1 amide bonds. The van der Waals surface area contributed by atoms with Gasteiger partial charge in [0.2, 0.25) is 0 Å². The first-order valence-electron chi connectivity index (χ1n) is 9.50. The van der Waals surface area contributed by atoms with Crippen molar-refractivity contribution in [2.24, 2.45) is 5.92 Å². The number of amides is 1. The van der Waals surface area contributed by atoms with E-state index in [9.17, 15) is 4.79 Å². The maximum absolute atomic E-state index is 11.9. The Kier molecular flexibility index (Phi) is 7.57. The molecule has 0 radical (unpaired) electrons. The fourth-order valence-electron chi connectivity index (χ4n) is 3.06. The molecule has 1 aliphatic rings. The first-order valence-corrected chi connectivity index (χ1v) is 9.88. The Hall–Kier alpha value is -1.72. The summed E-state index contributed by atoms with van der Waals surface area (Å²) in [6.07, 6.45) is 1.46. The zero-order chi connectivity index (χ0) is 20.0. The summed E-state index contributed by atoms with van der Waals surface area (Å²) >= 11 is 6.18. The molecule has 27 heavy (non-hydrogen) atoms. The van der Waals surface area contributed by atoms with Crippen molar-refractivity contribution in [1.82, 2.24) is 10.2 Å². The highest BCUT2D eigenvalue weighted by atomic mass is 35.5. The molecule has 1 aromatic rings. The number of nitrogens with zero attached hydrogens (tertiary/aromatic N) is 1. The van der Waals surface area contributed by atoms with Crippen LogP contribution in [0.5, 0.6) is 5.75 Å². The number of ether oxygens (including phenoxy) is 2. The highest BCUT2D eigenvalue weighted by molar-refractivity contribution is 6.30. The van der Waals surface area contributed by atoms with Crippen molar-refractivity contribution in [2.45, 2.75) is 52.7 Å². The van der Waals surface area contributed by atoms with Gasteiger partial charge in [0.05, 0.1) is 6.61 Å². The summed E-state index contributed by atoms with van der Waals surface area (Å²) in [4.78, 5) is 14.3. The van der Waals surface area contributed by atoms with Crippen LogP contribution in [0.4, 0.5) is 4.79 Å². The molecule has 0 aromatic heterocycles. The van der Waals surface area contributed by atoms with Crippen LogP contribution < -0.4 is 10.1 Å². The minimum Gasteiger partial charge on any atom is -0.493 e. The molecule has 2 rings (SSSR count). The third kappa shape index (κ3) is 7.07. The summed E-state index contributed by atoms with van der Waals surface area (Å²) in [5, 5.41) is 3.49. The molecule has 0 bridgehead atoms. The molecule has 1 atom stereocenters. The summed E-state index contributed by atoms with van der Waals surface area (Å²) in [5.74, 6) is 1.09. The summed E-state index contributed by atoms with van der Waals surface area (Å²) < 4.78 is 11.1. The summed E-state index contributed by atoms with van der Waals surface area (Å²) in [5.41, 5.74) is 1.27. The molecule has 6 heteroatoms. The maximum Gasteiger partial charge on any atom is 0.411 e. The zero-order valence-electron chi connectivity index (χ0n) is 16.8. The third-order valence-electron chi connectivity index (χ3n) is 4.30. The second-order valence-electron chi connectivity index (χ2n) is 7.97. The predicted molar refractivity (Wildman–Crippen MR) is 109 cm³/mol. The SMILES string of the molecule is C=C(NC(=O)OC(C)(C)C)[C@@H]1CCN(Cc2cc(Cl)ccc2OCCC)C1. The van der Waals surface area contributed by atoms with Crippen LogP contribution in [0.2, 0.25) is 5.02 Å². The Morgan fingerprint density at radius 3 is 2.81 bits per heavy atom. The molecule has 1 N–H and O–H groups in total. The fraction of sp³-hybridized carbons (Fsp3) is 0.571. The van der Waals surface area contributed by atoms with Gasteiger partial charge in [-0.1, -0.05) is 25.1 Å². The van der Waals surface area contributed by atoms with E-state index < -0.39 is 11.7 Å². The molecule has 0 saturated carbocycles. The molecule has 0 unspecified atom stereocenters. The van der Waals surface area contributed by atoms with Gasteiger partial charge in [0.15, 0.2) is 0 Å². The number of hydrogen-bond acceptors (Lipinski definition) is 4. The van der Waals surface area contributed by atoms with E-state index in [1.54, 1.807) is 0 Å². The standard InChI is InChI=1S/C21H31ClN2O3/c1-6-11-26-19-8-7-18(22)12-17(19)14-24-10-9-16(13-24)15(2)23-20(25)27-21(3,4)5/h7-8,12,16H,2,6,9-11,13-14H2,1,3-5H3,(H,23,25)/t16-/m1/s1. The van der Waals surface area contributed by atoms with E-state index >= 15 is 0 Å². The van der Waals surface area contributed by atoms with E-state index in [2.05, 4.69) is 23.7 Å². The minimum atomic E-state index is -0.520. The van der Waals surface area contributed by atoms with Gasteiger partial charge in [-0.25, -0.2) is 4.79 Å². The topological polar surface area (TPSA) is 50.8 Å². The van der Waals surface area contributed by atoms with E-state index in [1.807, 2.05) is 39.0 Å². The molecular weight excluding hydrogens is 364 g/mol. The van der Waals surface area contributed by atoms with Gasteiger partial charge in [-0.2, -0.15) is 0 Å². The average molecular weight is 395 g/mol. The van der Waals surface area contributed by atoms with Crippen LogP contribution in [0.25, 0.3) is 0 Å². The molecule has 150 valence electrons. The van der Waals surface area contributed by atoms with Gasteiger partial charge in [0, 0.05) is 35.3 Å². The summed E-state index contributed by atoms with van der Waals surface area (Å²) in [7, 11) is 0. The van der Waals surface area contributed by atoms with Gasteiger partial charge in [0.1, 0.15) is 11.4 Å². The number of nitrogens with one attached hydrogen (secondary N) is 1. The number of carbonyl (C=O) groups excluding carboxylic acids is 1. The second-order valence-corrected chi connectivity index (χ2v) is 8.41. The Bertz CT molecular complexity index is 670. The van der Waals surface area contributed by atoms with Crippen molar-refractivity contribution in [2.75, 3.05) is 19.7 Å². The summed E-state index contributed by atoms with van der Waals surface area (Å²) in [6, 6.07) is 5.76. The maximum atomic E-state index is 11.9. The lowest BCUT2D eigenvalue weighted by atomic mass is 10.1. The number of benzene rings is 1. The number of likely N-dealkylation sites (tertiary alicyclic amines) is 1. The van der Waals surface area contributed by atoms with Gasteiger partial charge < -0.3 is 9.47 Å². The monoisotopic (exact) mass is 394 g/mol. The van der Waals surface area contributed by atoms with E-state index in [0.29, 0.717) is 17.3 Å². The average Bonchev–Trinajstić information content (AvgIpc) is 3.01. The lowest BCUT2D eigenvalue weighted by Gasteiger charge is -2.22. The van der Waals surface area contributed by atoms with Crippen LogP contribution in [0, 0.1) is 5.92 Å². The van der Waals surface area contributed by atoms with Gasteiger partial charge in [-0.3, -0.25) is 10.2 Å². The third-order valence-corrected chi connectivity index (χ3v) is 4.54. The van der Waals surface area contributed by atoms with E-state index in [1.165, 1.54) is 0 Å². The summed E-state index contributed by atoms with van der Waals surface area (Å²) in [6.45, 7) is 14.9. The Morgan fingerprint density at radius 1 is 1.41 bits per heavy atom. The largest absolute Gasteiger partial charge is 0.493 e. The van der Waals surface area contributed by atoms with Crippen molar-refractivity contribution >= 4 is 17.7 Å². The first kappa shape index (κ1) is 21.6. The number of rotatable bonds is 7. The molecule has 0 spiro atoms. The number of halogens is 1. The number of alkyl carbamates (subject to hydrolysis) is 1. The van der Waals surface area contributed by atoms with Crippen molar-refractivity contribution in [1.29, 1.82) is 0 Å². The lowest BCUT2D eigenvalue weighted by molar-refractivity contribution is 0.0540. The van der Waals surface area contributed by atoms with Gasteiger partial charge in [-0.15, -0.1) is 0 Å². The molecule has 1 heterocycles. The van der Waals surface area contributed by atoms with Crippen molar-refractivity contribution in [3.8, 4) is 5.75 Å². The molecule has 5 nitrogen and oxygen atoms in total. The van der Waals surface area contributed by atoms with Gasteiger partial charge in [0.25, 0.3) is 0 Å². The molecule has 0 aliphatic carbocycles. The second kappa shape index (κ2) is 9.47. The zero-order valence-corrected chi connectivity index (χ0v) is 17.6. The van der Waals surface area contributed by atoms with Crippen LogP contribution in [0.1, 0.15) is 46.1 Å². The highest BCUT2D eigenvalue weighted by Crippen LogP contribution is 2.28. The smallest absolute Gasteiger partial charge is 0.411 e. The van der Waals surface area contributed by atoms with E-state index in [4.69, 9.17) is 21.1 Å². The predicted octanol–water partition coefficient (Wildman–Crippen LogP) is 4.99. The molecule has 1 saturated heterocycles. The van der Waals surface area contributed by atoms with Gasteiger partial charge in [-0.05, 0) is 58.4 Å². The Balaban J connectivity index is 1.92. The number of hydrogen-bond donors (Lipinski definition) is 1. The van der Waals surface area contributed by atoms with Crippen LogP contribution in [0.15, 0.2) is 30.5 Å². The molecule has 1 aromatic carbocycles. The van der Waals surface area contributed by atoms with Crippen molar-refractivity contribution in [3.05, 3.63) is 41.1 Å². The van der Waals surface area contributed by atoms with Crippen molar-refractivity contribution < 1.29 is 14.3 Å². The first-order chi connectivity index (χ1) is 12.7. The van der Waals surface area contributed by atoms with Crippen molar-refractivity contribution in [3.63, 3.8) is 0 Å². The lowest BCUT2D eigenvalue weighted by Crippen LogP contribution is -2.34. The van der Waals surface area contributed by atoms with Crippen LogP contribution in [-0.2, 0) is 11.3 Å². The fourth-order valence-corrected chi connectivity index (χ4v) is 3.26. The number of carbonyl (C=O) groups is 1. The van der Waals surface area contributed by atoms with Gasteiger partial charge >= 0.3 is 6.09 Å². The van der Waals surface area contributed by atoms with E-state index in [-0.39, 0.29) is 5.92 Å². The molecule has 1 aliphatic heterocycles. The van der Waals surface area contributed by atoms with Crippen LogP contribution >= 0.6 is 11.6 Å². The van der Waals surface area contributed by atoms with Crippen LogP contribution in [0.3, 0.4) is 0 Å². The normalized spacial score (nSPS) is 17.6. The quantitative estimate of drug-likeness (QED) is 0.707. The van der Waals surface area contributed by atoms with Crippen LogP contribution in [-0.4, -0.2) is 36.3 Å². The molecular formula is C21H31ClN2O3. The Morgan fingerprint density at radius 2 is 2.15 bits per heavy atom. The minimum absolute atomic E-state index is 0.205. The Labute approximate surface area is 167 Å².